The minimum Gasteiger partial charge on any atom is -0.480 e. The van der Waals surface area contributed by atoms with E-state index in [9.17, 15) is 14.4 Å². The van der Waals surface area contributed by atoms with Gasteiger partial charge in [-0.3, -0.25) is 14.4 Å². The molecule has 0 radical (unpaired) electrons. The largest absolute Gasteiger partial charge is 0.480 e. The number of carboxylic acids is 1. The number of carbonyl (C=O) groups is 3. The highest BCUT2D eigenvalue weighted by molar-refractivity contribution is 7.14. The zero-order valence-corrected chi connectivity index (χ0v) is 12.9. The van der Waals surface area contributed by atoms with Gasteiger partial charge in [-0.15, -0.1) is 11.3 Å². The van der Waals surface area contributed by atoms with Gasteiger partial charge >= 0.3 is 5.97 Å². The predicted molar refractivity (Wildman–Crippen MR) is 78.5 cm³/mol. The van der Waals surface area contributed by atoms with Gasteiger partial charge in [0.15, 0.2) is 5.13 Å². The molecule has 0 saturated heterocycles. The Morgan fingerprint density at radius 3 is 2.52 bits per heavy atom. The summed E-state index contributed by atoms with van der Waals surface area (Å²) < 4.78 is 0. The van der Waals surface area contributed by atoms with Gasteiger partial charge in [-0.25, -0.2) is 4.98 Å². The molecule has 8 nitrogen and oxygen atoms in total. The van der Waals surface area contributed by atoms with Crippen LogP contribution in [-0.4, -0.2) is 71.4 Å². The van der Waals surface area contributed by atoms with Crippen LogP contribution in [0.3, 0.4) is 0 Å². The van der Waals surface area contributed by atoms with E-state index in [4.69, 9.17) is 5.11 Å². The van der Waals surface area contributed by atoms with Crippen LogP contribution < -0.4 is 5.32 Å². The van der Waals surface area contributed by atoms with Gasteiger partial charge < -0.3 is 20.2 Å². The third-order valence-electron chi connectivity index (χ3n) is 2.44. The maximum Gasteiger partial charge on any atom is 0.323 e. The van der Waals surface area contributed by atoms with Crippen molar-refractivity contribution < 1.29 is 19.5 Å². The van der Waals surface area contributed by atoms with E-state index in [1.807, 2.05) is 19.0 Å². The van der Waals surface area contributed by atoms with Crippen molar-refractivity contribution in [1.82, 2.24) is 14.8 Å². The van der Waals surface area contributed by atoms with E-state index in [1.54, 1.807) is 0 Å². The van der Waals surface area contributed by atoms with E-state index in [0.717, 1.165) is 11.3 Å². The molecular formula is C12H18N4O4S. The minimum atomic E-state index is -1.08. The smallest absolute Gasteiger partial charge is 0.323 e. The lowest BCUT2D eigenvalue weighted by molar-refractivity contribution is -0.137. The van der Waals surface area contributed by atoms with Crippen LogP contribution in [0.2, 0.25) is 0 Å². The number of thiazole rings is 1. The Morgan fingerprint density at radius 2 is 2.00 bits per heavy atom. The van der Waals surface area contributed by atoms with Crippen LogP contribution in [0.25, 0.3) is 0 Å². The molecule has 1 rings (SSSR count). The quantitative estimate of drug-likeness (QED) is 0.745. The number of amides is 2. The van der Waals surface area contributed by atoms with E-state index >= 15 is 0 Å². The number of nitrogens with one attached hydrogen (secondary N) is 1. The van der Waals surface area contributed by atoms with E-state index in [-0.39, 0.29) is 24.7 Å². The summed E-state index contributed by atoms with van der Waals surface area (Å²) in [7, 11) is 3.67. The Morgan fingerprint density at radius 1 is 1.33 bits per heavy atom. The molecule has 0 unspecified atom stereocenters. The van der Waals surface area contributed by atoms with Gasteiger partial charge in [0.25, 0.3) is 5.91 Å². The molecule has 2 N–H and O–H groups in total. The van der Waals surface area contributed by atoms with Crippen LogP contribution in [0.15, 0.2) is 5.38 Å². The van der Waals surface area contributed by atoms with Crippen molar-refractivity contribution in [2.75, 3.05) is 39.0 Å². The lowest BCUT2D eigenvalue weighted by Crippen LogP contribution is -2.40. The first-order chi connectivity index (χ1) is 9.79. The number of aliphatic carboxylic acids is 1. The summed E-state index contributed by atoms with van der Waals surface area (Å²) in [4.78, 5) is 41.1. The van der Waals surface area contributed by atoms with Crippen LogP contribution in [0.5, 0.6) is 0 Å². The number of carbonyl (C=O) groups excluding carboxylic acids is 2. The molecule has 0 aromatic carbocycles. The van der Waals surface area contributed by atoms with Gasteiger partial charge in [-0.05, 0) is 14.1 Å². The average Bonchev–Trinajstić information content (AvgIpc) is 2.80. The fraction of sp³-hybridized carbons (Fsp3) is 0.500. The standard InChI is InChI=1S/C12H18N4O4S/c1-8(17)13-12-14-9(7-21-12)11(20)16(6-10(18)19)5-4-15(2)3/h7H,4-6H2,1-3H3,(H,18,19)(H,13,14,17). The maximum absolute atomic E-state index is 12.3. The van der Waals surface area contributed by atoms with Crippen molar-refractivity contribution in [2.24, 2.45) is 0 Å². The lowest BCUT2D eigenvalue weighted by atomic mass is 10.3. The first-order valence-electron chi connectivity index (χ1n) is 6.18. The van der Waals surface area contributed by atoms with Crippen LogP contribution in [0, 0.1) is 0 Å². The average molecular weight is 314 g/mol. The molecule has 0 atom stereocenters. The molecule has 0 saturated carbocycles. The molecule has 0 aliphatic carbocycles. The van der Waals surface area contributed by atoms with Gasteiger partial charge in [0, 0.05) is 25.4 Å². The van der Waals surface area contributed by atoms with E-state index < -0.39 is 11.9 Å². The molecule has 1 heterocycles. The minimum absolute atomic E-state index is 0.128. The Balaban J connectivity index is 2.80. The van der Waals surface area contributed by atoms with Gasteiger partial charge in [0.2, 0.25) is 5.91 Å². The predicted octanol–water partition coefficient (Wildman–Crippen LogP) is 0.190. The first-order valence-corrected chi connectivity index (χ1v) is 7.06. The summed E-state index contributed by atoms with van der Waals surface area (Å²) in [5, 5.41) is 13.2. The fourth-order valence-electron chi connectivity index (χ4n) is 1.48. The van der Waals surface area contributed by atoms with Crippen molar-refractivity contribution in [3.8, 4) is 0 Å². The summed E-state index contributed by atoms with van der Waals surface area (Å²) in [6, 6.07) is 0. The number of anilines is 1. The molecule has 2 amide bonds. The zero-order valence-electron chi connectivity index (χ0n) is 12.1. The second-order valence-corrected chi connectivity index (χ2v) is 5.50. The number of carboxylic acid groups (broad SMARTS) is 1. The molecule has 1 aromatic rings. The van der Waals surface area contributed by atoms with Crippen LogP contribution in [0.4, 0.5) is 5.13 Å². The molecule has 0 aliphatic rings. The van der Waals surface area contributed by atoms with Gasteiger partial charge in [0.1, 0.15) is 12.2 Å². The Bertz CT molecular complexity index is 529. The number of rotatable bonds is 7. The molecule has 0 fully saturated rings. The fourth-order valence-corrected chi connectivity index (χ4v) is 2.21. The normalized spacial score (nSPS) is 10.5. The Hall–Kier alpha value is -2.00. The molecular weight excluding hydrogens is 296 g/mol. The third-order valence-corrected chi connectivity index (χ3v) is 3.19. The molecule has 1 aromatic heterocycles. The molecule has 0 spiro atoms. The van der Waals surface area contributed by atoms with E-state index in [1.165, 1.54) is 17.2 Å². The molecule has 116 valence electrons. The van der Waals surface area contributed by atoms with E-state index in [0.29, 0.717) is 11.7 Å². The van der Waals surface area contributed by atoms with Crippen LogP contribution >= 0.6 is 11.3 Å². The Labute approximate surface area is 126 Å². The highest BCUT2D eigenvalue weighted by atomic mass is 32.1. The second kappa shape index (κ2) is 7.70. The van der Waals surface area contributed by atoms with Crippen molar-refractivity contribution in [3.63, 3.8) is 0 Å². The summed E-state index contributed by atoms with van der Waals surface area (Å²) in [6.45, 7) is 1.78. The number of hydrogen-bond donors (Lipinski definition) is 2. The van der Waals surface area contributed by atoms with Crippen LogP contribution in [0.1, 0.15) is 17.4 Å². The monoisotopic (exact) mass is 314 g/mol. The maximum atomic E-state index is 12.3. The summed E-state index contributed by atoms with van der Waals surface area (Å²) in [6.07, 6.45) is 0. The second-order valence-electron chi connectivity index (χ2n) is 4.64. The zero-order chi connectivity index (χ0) is 16.0. The van der Waals surface area contributed by atoms with Crippen molar-refractivity contribution in [1.29, 1.82) is 0 Å². The van der Waals surface area contributed by atoms with Gasteiger partial charge in [0.05, 0.1) is 0 Å². The SMILES string of the molecule is CC(=O)Nc1nc(C(=O)N(CCN(C)C)CC(=O)O)cs1. The lowest BCUT2D eigenvalue weighted by Gasteiger charge is -2.21. The van der Waals surface area contributed by atoms with Crippen LogP contribution in [-0.2, 0) is 9.59 Å². The molecule has 9 heteroatoms. The van der Waals surface area contributed by atoms with Gasteiger partial charge in [-0.1, -0.05) is 0 Å². The number of aromatic nitrogens is 1. The third kappa shape index (κ3) is 5.88. The highest BCUT2D eigenvalue weighted by Crippen LogP contribution is 2.16. The first kappa shape index (κ1) is 17.1. The van der Waals surface area contributed by atoms with Gasteiger partial charge in [-0.2, -0.15) is 0 Å². The topological polar surface area (TPSA) is 103 Å². The summed E-state index contributed by atoms with van der Waals surface area (Å²) >= 11 is 1.12. The van der Waals surface area contributed by atoms with E-state index in [2.05, 4.69) is 10.3 Å². The molecule has 0 bridgehead atoms. The van der Waals surface area contributed by atoms with Crippen molar-refractivity contribution in [2.45, 2.75) is 6.92 Å². The number of likely N-dealkylation sites (N-methyl/N-ethyl adjacent to an activating group) is 1. The summed E-state index contributed by atoms with van der Waals surface area (Å²) in [5.41, 5.74) is 0.128. The van der Waals surface area contributed by atoms with Crippen molar-refractivity contribution in [3.05, 3.63) is 11.1 Å². The summed E-state index contributed by atoms with van der Waals surface area (Å²) in [5.74, 6) is -1.83. The Kier molecular flexibility index (Phi) is 6.25. The number of hydrogen-bond acceptors (Lipinski definition) is 6. The number of nitrogens with zero attached hydrogens (tertiary/aromatic N) is 3. The molecule has 21 heavy (non-hydrogen) atoms. The highest BCUT2D eigenvalue weighted by Gasteiger charge is 2.21. The molecule has 0 aliphatic heterocycles. The van der Waals surface area contributed by atoms with Crippen molar-refractivity contribution >= 4 is 34.3 Å².